The molecule has 3 aromatic rings. The Morgan fingerprint density at radius 1 is 0.692 bits per heavy atom. The van der Waals surface area contributed by atoms with E-state index < -0.39 is 0 Å². The number of rotatable bonds is 2. The second kappa shape index (κ2) is 7.93. The Balaban J connectivity index is 1.84. The van der Waals surface area contributed by atoms with Gasteiger partial charge in [-0.05, 0) is 79.5 Å². The highest BCUT2D eigenvalue weighted by molar-refractivity contribution is 7.78. The fourth-order valence-corrected chi connectivity index (χ4v) is 2.98. The summed E-state index contributed by atoms with van der Waals surface area (Å²) in [6, 6.07) is 21.0. The lowest BCUT2D eigenvalue weighted by Gasteiger charge is -2.04. The van der Waals surface area contributed by atoms with E-state index in [0.717, 1.165) is 27.9 Å². The molecule has 0 atom stereocenters. The fourth-order valence-electron chi connectivity index (χ4n) is 2.89. The van der Waals surface area contributed by atoms with Crippen LogP contribution in [0.1, 0.15) is 27.8 Å². The van der Waals surface area contributed by atoms with Crippen molar-refractivity contribution >= 4 is 23.1 Å². The molecule has 0 saturated carbocycles. The quantitative estimate of drug-likeness (QED) is 0.294. The molecule has 0 bridgehead atoms. The van der Waals surface area contributed by atoms with Gasteiger partial charge in [-0.3, -0.25) is 0 Å². The summed E-state index contributed by atoms with van der Waals surface area (Å²) in [7, 11) is 0. The molecule has 0 saturated heterocycles. The minimum absolute atomic E-state index is 0.882. The zero-order chi connectivity index (χ0) is 18.5. The molecule has 0 aromatic heterocycles. The van der Waals surface area contributed by atoms with Gasteiger partial charge in [-0.2, -0.15) is 4.99 Å². The molecule has 3 rings (SSSR count). The van der Waals surface area contributed by atoms with E-state index in [0.29, 0.717) is 0 Å². The molecule has 0 amide bonds. The second-order valence-corrected chi connectivity index (χ2v) is 6.54. The maximum absolute atomic E-state index is 4.71. The van der Waals surface area contributed by atoms with Crippen LogP contribution in [0.4, 0.5) is 5.69 Å². The van der Waals surface area contributed by atoms with Crippen molar-refractivity contribution in [2.24, 2.45) is 4.99 Å². The molecule has 26 heavy (non-hydrogen) atoms. The third-order valence-corrected chi connectivity index (χ3v) is 4.36. The van der Waals surface area contributed by atoms with E-state index in [4.69, 9.17) is 12.2 Å². The van der Waals surface area contributed by atoms with Crippen molar-refractivity contribution < 1.29 is 0 Å². The molecule has 2 heteroatoms. The number of benzene rings is 3. The number of thiocarbonyl (C=S) groups is 1. The summed E-state index contributed by atoms with van der Waals surface area (Å²) in [5.74, 6) is 6.48. The van der Waals surface area contributed by atoms with Gasteiger partial charge in [0.25, 0.3) is 0 Å². The summed E-state index contributed by atoms with van der Waals surface area (Å²) in [6.45, 7) is 6.13. The van der Waals surface area contributed by atoms with Gasteiger partial charge in [0.15, 0.2) is 0 Å². The summed E-state index contributed by atoms with van der Waals surface area (Å²) >= 11 is 4.71. The molecule has 0 N–H and O–H groups in total. The third-order valence-electron chi connectivity index (χ3n) is 4.27. The summed E-state index contributed by atoms with van der Waals surface area (Å²) in [6.07, 6.45) is 0. The Bertz CT molecular complexity index is 1020. The average molecular weight is 353 g/mol. The van der Waals surface area contributed by atoms with Gasteiger partial charge in [0.2, 0.25) is 0 Å². The SMILES string of the molecule is Cc1ccc(-c2ccc(C#Cc3cc(C)c(N=C=S)c(C)c3)cc2)cc1. The number of isothiocyanates is 1. The lowest BCUT2D eigenvalue weighted by molar-refractivity contribution is 1.33. The number of hydrogen-bond donors (Lipinski definition) is 0. The number of hydrogen-bond acceptors (Lipinski definition) is 2. The van der Waals surface area contributed by atoms with Gasteiger partial charge in [0.1, 0.15) is 0 Å². The van der Waals surface area contributed by atoms with E-state index in [1.807, 2.05) is 26.0 Å². The van der Waals surface area contributed by atoms with Crippen LogP contribution < -0.4 is 0 Å². The average Bonchev–Trinajstić information content (AvgIpc) is 2.64. The van der Waals surface area contributed by atoms with E-state index in [-0.39, 0.29) is 0 Å². The Morgan fingerprint density at radius 3 is 1.73 bits per heavy atom. The number of aliphatic imine (C=N–C) groups is 1. The lowest BCUT2D eigenvalue weighted by atomic mass is 10.0. The van der Waals surface area contributed by atoms with Crippen LogP contribution in [0.15, 0.2) is 65.7 Å². The molecule has 0 radical (unpaired) electrons. The standard InChI is InChI=1S/C24H19NS/c1-17-4-10-22(11-5-17)23-12-8-20(9-13-23)6-7-21-14-18(2)24(25-16-26)19(3)15-21/h4-5,8-15H,1-3H3. The van der Waals surface area contributed by atoms with Gasteiger partial charge in [-0.25, -0.2) is 0 Å². The van der Waals surface area contributed by atoms with Gasteiger partial charge in [0, 0.05) is 11.1 Å². The Hall–Kier alpha value is -2.98. The van der Waals surface area contributed by atoms with Gasteiger partial charge < -0.3 is 0 Å². The second-order valence-electron chi connectivity index (χ2n) is 6.36. The molecular weight excluding hydrogens is 334 g/mol. The van der Waals surface area contributed by atoms with Crippen molar-refractivity contribution in [2.45, 2.75) is 20.8 Å². The Labute approximate surface area is 160 Å². The van der Waals surface area contributed by atoms with Crippen LogP contribution in [0, 0.1) is 32.6 Å². The molecule has 0 unspecified atom stereocenters. The van der Waals surface area contributed by atoms with Gasteiger partial charge in [-0.15, -0.1) is 0 Å². The number of aryl methyl sites for hydroxylation is 3. The van der Waals surface area contributed by atoms with Gasteiger partial charge >= 0.3 is 0 Å². The predicted octanol–water partition coefficient (Wildman–Crippen LogP) is 6.41. The van der Waals surface area contributed by atoms with Crippen LogP contribution in [0.5, 0.6) is 0 Å². The third kappa shape index (κ3) is 4.16. The van der Waals surface area contributed by atoms with Crippen molar-refractivity contribution in [3.05, 3.63) is 88.5 Å². The molecule has 0 aliphatic carbocycles. The highest BCUT2D eigenvalue weighted by Crippen LogP contribution is 2.24. The maximum Gasteiger partial charge on any atom is 0.0798 e. The summed E-state index contributed by atoms with van der Waals surface area (Å²) in [5, 5.41) is 2.44. The van der Waals surface area contributed by atoms with E-state index in [2.05, 4.69) is 77.4 Å². The maximum atomic E-state index is 4.71. The zero-order valence-electron chi connectivity index (χ0n) is 15.1. The van der Waals surface area contributed by atoms with E-state index in [1.54, 1.807) is 0 Å². The van der Waals surface area contributed by atoms with Crippen molar-refractivity contribution in [1.82, 2.24) is 0 Å². The molecule has 0 spiro atoms. The molecule has 1 nitrogen and oxygen atoms in total. The first-order valence-corrected chi connectivity index (χ1v) is 8.86. The van der Waals surface area contributed by atoms with Crippen LogP contribution >= 0.6 is 12.2 Å². The van der Waals surface area contributed by atoms with Crippen LogP contribution in [0.3, 0.4) is 0 Å². The summed E-state index contributed by atoms with van der Waals surface area (Å²) in [4.78, 5) is 4.13. The highest BCUT2D eigenvalue weighted by Gasteiger charge is 2.02. The minimum Gasteiger partial charge on any atom is -0.194 e. The summed E-state index contributed by atoms with van der Waals surface area (Å²) < 4.78 is 0. The van der Waals surface area contributed by atoms with Crippen LogP contribution in [0.2, 0.25) is 0 Å². The van der Waals surface area contributed by atoms with Gasteiger partial charge in [-0.1, -0.05) is 53.8 Å². The molecular formula is C24H19NS. The molecule has 0 heterocycles. The Kier molecular flexibility index (Phi) is 5.44. The van der Waals surface area contributed by atoms with Crippen LogP contribution in [-0.4, -0.2) is 5.16 Å². The van der Waals surface area contributed by atoms with E-state index in [9.17, 15) is 0 Å². The van der Waals surface area contributed by atoms with E-state index >= 15 is 0 Å². The molecule has 0 fully saturated rings. The van der Waals surface area contributed by atoms with Crippen LogP contribution in [-0.2, 0) is 0 Å². The normalized spacial score (nSPS) is 9.81. The topological polar surface area (TPSA) is 12.4 Å². The van der Waals surface area contributed by atoms with Gasteiger partial charge in [0.05, 0.1) is 10.8 Å². The molecule has 126 valence electrons. The first-order chi connectivity index (χ1) is 12.6. The summed E-state index contributed by atoms with van der Waals surface area (Å²) in [5.41, 5.74) is 8.66. The van der Waals surface area contributed by atoms with Crippen molar-refractivity contribution in [1.29, 1.82) is 0 Å². The Morgan fingerprint density at radius 2 is 1.19 bits per heavy atom. The van der Waals surface area contributed by atoms with Crippen LogP contribution in [0.25, 0.3) is 11.1 Å². The van der Waals surface area contributed by atoms with Crippen molar-refractivity contribution in [3.63, 3.8) is 0 Å². The minimum atomic E-state index is 0.882. The molecule has 3 aromatic carbocycles. The predicted molar refractivity (Wildman–Crippen MR) is 113 cm³/mol. The number of nitrogens with zero attached hydrogens (tertiary/aromatic N) is 1. The molecule has 0 aliphatic heterocycles. The highest BCUT2D eigenvalue weighted by atomic mass is 32.1. The molecule has 0 aliphatic rings. The largest absolute Gasteiger partial charge is 0.194 e. The van der Waals surface area contributed by atoms with E-state index in [1.165, 1.54) is 16.7 Å². The fraction of sp³-hybridized carbons (Fsp3) is 0.125. The first-order valence-electron chi connectivity index (χ1n) is 8.45. The zero-order valence-corrected chi connectivity index (χ0v) is 15.9. The first kappa shape index (κ1) is 17.8. The smallest absolute Gasteiger partial charge is 0.0798 e. The van der Waals surface area contributed by atoms with Crippen molar-refractivity contribution in [3.8, 4) is 23.0 Å². The lowest BCUT2D eigenvalue weighted by Crippen LogP contribution is -1.85. The van der Waals surface area contributed by atoms with Crippen molar-refractivity contribution in [2.75, 3.05) is 0 Å². The monoisotopic (exact) mass is 353 g/mol.